The van der Waals surface area contributed by atoms with Crippen LogP contribution in [0.2, 0.25) is 5.02 Å². The van der Waals surface area contributed by atoms with E-state index in [0.717, 1.165) is 6.08 Å². The van der Waals surface area contributed by atoms with Crippen molar-refractivity contribution in [1.29, 1.82) is 5.26 Å². The van der Waals surface area contributed by atoms with E-state index in [0.29, 0.717) is 11.3 Å². The largest absolute Gasteiger partial charge is 0.484 e. The summed E-state index contributed by atoms with van der Waals surface area (Å²) in [5, 5.41) is 8.85. The Morgan fingerprint density at radius 1 is 1.19 bits per heavy atom. The normalized spacial score (nSPS) is 10.2. The van der Waals surface area contributed by atoms with Crippen LogP contribution in [0.4, 0.5) is 4.39 Å². The van der Waals surface area contributed by atoms with E-state index in [1.165, 1.54) is 24.3 Å². The van der Waals surface area contributed by atoms with Gasteiger partial charge in [0.05, 0.1) is 16.7 Å². The van der Waals surface area contributed by atoms with Crippen LogP contribution in [0.5, 0.6) is 5.75 Å². The number of nitrogens with one attached hydrogen (secondary N) is 2. The van der Waals surface area contributed by atoms with E-state index < -0.39 is 17.6 Å². The SMILES string of the molecule is N#Cc1ccc(OCC(=O)NNC(=O)/C=C/c2c(F)cccc2Cl)cc1. The molecule has 0 heterocycles. The van der Waals surface area contributed by atoms with Crippen LogP contribution in [0.3, 0.4) is 0 Å². The van der Waals surface area contributed by atoms with Crippen LogP contribution in [0.25, 0.3) is 6.08 Å². The van der Waals surface area contributed by atoms with E-state index in [9.17, 15) is 14.0 Å². The molecule has 0 saturated heterocycles. The van der Waals surface area contributed by atoms with Crippen molar-refractivity contribution in [3.05, 3.63) is 70.5 Å². The van der Waals surface area contributed by atoms with Gasteiger partial charge in [0.1, 0.15) is 11.6 Å². The van der Waals surface area contributed by atoms with E-state index in [4.69, 9.17) is 21.6 Å². The number of hydrogen-bond acceptors (Lipinski definition) is 4. The van der Waals surface area contributed by atoms with Gasteiger partial charge in [-0.05, 0) is 42.5 Å². The van der Waals surface area contributed by atoms with Gasteiger partial charge in [-0.1, -0.05) is 17.7 Å². The smallest absolute Gasteiger partial charge is 0.276 e. The number of amides is 2. The van der Waals surface area contributed by atoms with Crippen LogP contribution >= 0.6 is 11.6 Å². The number of nitriles is 1. The lowest BCUT2D eigenvalue weighted by atomic mass is 10.2. The van der Waals surface area contributed by atoms with Gasteiger partial charge in [-0.25, -0.2) is 4.39 Å². The first-order valence-electron chi connectivity index (χ1n) is 7.33. The van der Waals surface area contributed by atoms with Crippen LogP contribution in [-0.4, -0.2) is 18.4 Å². The van der Waals surface area contributed by atoms with Crippen LogP contribution in [-0.2, 0) is 9.59 Å². The summed E-state index contributed by atoms with van der Waals surface area (Å²) in [5.74, 6) is -1.43. The average molecular weight is 374 g/mol. The fourth-order valence-electron chi connectivity index (χ4n) is 1.81. The highest BCUT2D eigenvalue weighted by Crippen LogP contribution is 2.20. The van der Waals surface area contributed by atoms with Crippen molar-refractivity contribution in [3.8, 4) is 11.8 Å². The molecule has 0 spiro atoms. The molecule has 6 nitrogen and oxygen atoms in total. The molecule has 0 unspecified atom stereocenters. The van der Waals surface area contributed by atoms with Crippen molar-refractivity contribution in [2.75, 3.05) is 6.61 Å². The van der Waals surface area contributed by atoms with Gasteiger partial charge < -0.3 is 4.74 Å². The van der Waals surface area contributed by atoms with Crippen molar-refractivity contribution < 1.29 is 18.7 Å². The number of hydrazine groups is 1. The molecule has 0 aliphatic carbocycles. The first-order chi connectivity index (χ1) is 12.5. The fraction of sp³-hybridized carbons (Fsp3) is 0.0556. The Balaban J connectivity index is 1.78. The van der Waals surface area contributed by atoms with Gasteiger partial charge in [0, 0.05) is 11.6 Å². The second kappa shape index (κ2) is 9.20. The monoisotopic (exact) mass is 373 g/mol. The highest BCUT2D eigenvalue weighted by atomic mass is 35.5. The van der Waals surface area contributed by atoms with Crippen LogP contribution in [0, 0.1) is 17.1 Å². The predicted molar refractivity (Wildman–Crippen MR) is 93.4 cm³/mol. The van der Waals surface area contributed by atoms with E-state index in [1.807, 2.05) is 6.07 Å². The summed E-state index contributed by atoms with van der Waals surface area (Å²) in [6.45, 7) is -0.338. The molecule has 0 radical (unpaired) electrons. The molecule has 0 aliphatic rings. The highest BCUT2D eigenvalue weighted by molar-refractivity contribution is 6.32. The lowest BCUT2D eigenvalue weighted by molar-refractivity contribution is -0.128. The summed E-state index contributed by atoms with van der Waals surface area (Å²) in [4.78, 5) is 23.3. The minimum atomic E-state index is -0.670. The lowest BCUT2D eigenvalue weighted by Gasteiger charge is -2.07. The molecule has 0 bridgehead atoms. The first-order valence-corrected chi connectivity index (χ1v) is 7.71. The molecule has 2 N–H and O–H groups in total. The molecule has 2 rings (SSSR count). The number of nitrogens with zero attached hydrogens (tertiary/aromatic N) is 1. The summed E-state index contributed by atoms with van der Waals surface area (Å²) in [5.41, 5.74) is 4.82. The van der Waals surface area contributed by atoms with Crippen molar-refractivity contribution in [2.45, 2.75) is 0 Å². The standard InChI is InChI=1S/C18H13ClFN3O3/c19-15-2-1-3-16(20)14(15)8-9-17(24)22-23-18(25)11-26-13-6-4-12(10-21)5-7-13/h1-9H,11H2,(H,22,24)(H,23,25)/b9-8+. The molecular weight excluding hydrogens is 361 g/mol. The van der Waals surface area contributed by atoms with Gasteiger partial charge in [0.2, 0.25) is 0 Å². The van der Waals surface area contributed by atoms with Gasteiger partial charge in [0.25, 0.3) is 11.8 Å². The molecule has 8 heteroatoms. The Kier molecular flexibility index (Phi) is 6.71. The van der Waals surface area contributed by atoms with Crippen molar-refractivity contribution >= 4 is 29.5 Å². The minimum Gasteiger partial charge on any atom is -0.484 e. The zero-order chi connectivity index (χ0) is 18.9. The van der Waals surface area contributed by atoms with E-state index >= 15 is 0 Å². The molecule has 2 aromatic rings. The summed E-state index contributed by atoms with van der Waals surface area (Å²) >= 11 is 5.83. The number of hydrogen-bond donors (Lipinski definition) is 2. The van der Waals surface area contributed by atoms with Gasteiger partial charge in [-0.15, -0.1) is 0 Å². The molecule has 2 aromatic carbocycles. The first kappa shape index (κ1) is 19.0. The maximum atomic E-state index is 13.6. The molecule has 2 amide bonds. The zero-order valence-electron chi connectivity index (χ0n) is 13.3. The fourth-order valence-corrected chi connectivity index (χ4v) is 2.04. The van der Waals surface area contributed by atoms with E-state index in [1.54, 1.807) is 24.3 Å². The third-order valence-electron chi connectivity index (χ3n) is 3.08. The van der Waals surface area contributed by atoms with Gasteiger partial charge in [-0.3, -0.25) is 20.4 Å². The quantitative estimate of drug-likeness (QED) is 0.622. The molecular formula is C18H13ClFN3O3. The maximum Gasteiger partial charge on any atom is 0.276 e. The topological polar surface area (TPSA) is 91.2 Å². The zero-order valence-corrected chi connectivity index (χ0v) is 14.1. The number of halogens is 2. The number of rotatable bonds is 5. The van der Waals surface area contributed by atoms with E-state index in [2.05, 4.69) is 10.9 Å². The second-order valence-electron chi connectivity index (χ2n) is 4.93. The molecule has 26 heavy (non-hydrogen) atoms. The van der Waals surface area contributed by atoms with Crippen LogP contribution < -0.4 is 15.6 Å². The Labute approximate surface area is 153 Å². The molecule has 132 valence electrons. The third-order valence-corrected chi connectivity index (χ3v) is 3.41. The van der Waals surface area contributed by atoms with Crippen LogP contribution in [0.15, 0.2) is 48.5 Å². The average Bonchev–Trinajstić information content (AvgIpc) is 2.64. The number of carbonyl (C=O) groups excluding carboxylic acids is 2. The number of benzene rings is 2. The van der Waals surface area contributed by atoms with E-state index in [-0.39, 0.29) is 17.2 Å². The number of ether oxygens (including phenoxy) is 1. The summed E-state index contributed by atoms with van der Waals surface area (Å²) in [7, 11) is 0. The lowest BCUT2D eigenvalue weighted by Crippen LogP contribution is -2.43. The molecule has 0 fully saturated rings. The Bertz CT molecular complexity index is 856. The maximum absolute atomic E-state index is 13.6. The molecule has 0 saturated carbocycles. The van der Waals surface area contributed by atoms with Crippen molar-refractivity contribution in [2.24, 2.45) is 0 Å². The Morgan fingerprint density at radius 2 is 1.92 bits per heavy atom. The van der Waals surface area contributed by atoms with Crippen LogP contribution in [0.1, 0.15) is 11.1 Å². The summed E-state index contributed by atoms with van der Waals surface area (Å²) < 4.78 is 18.8. The van der Waals surface area contributed by atoms with Gasteiger partial charge >= 0.3 is 0 Å². The van der Waals surface area contributed by atoms with Gasteiger partial charge in [0.15, 0.2) is 6.61 Å². The van der Waals surface area contributed by atoms with Gasteiger partial charge in [-0.2, -0.15) is 5.26 Å². The Hall–Kier alpha value is -3.37. The minimum absolute atomic E-state index is 0.0693. The predicted octanol–water partition coefficient (Wildman–Crippen LogP) is 2.59. The summed E-state index contributed by atoms with van der Waals surface area (Å²) in [6.07, 6.45) is 2.23. The summed E-state index contributed by atoms with van der Waals surface area (Å²) in [6, 6.07) is 12.3. The molecule has 0 aromatic heterocycles. The molecule has 0 aliphatic heterocycles. The number of carbonyl (C=O) groups is 2. The Morgan fingerprint density at radius 3 is 2.58 bits per heavy atom. The molecule has 0 atom stereocenters. The third kappa shape index (κ3) is 5.61. The van der Waals surface area contributed by atoms with Crippen molar-refractivity contribution in [3.63, 3.8) is 0 Å². The second-order valence-corrected chi connectivity index (χ2v) is 5.34. The highest BCUT2D eigenvalue weighted by Gasteiger charge is 2.06. The van der Waals surface area contributed by atoms with Crippen molar-refractivity contribution in [1.82, 2.24) is 10.9 Å².